The maximum Gasteiger partial charge on any atom is 0.240 e. The SMILES string of the molecule is CC(=O)N1Cc2ccnn2C(CCNS(=O)(=O)c2ccccc2)C1. The van der Waals surface area contributed by atoms with Crippen molar-refractivity contribution < 1.29 is 13.2 Å². The van der Waals surface area contributed by atoms with Crippen molar-refractivity contribution in [2.24, 2.45) is 0 Å². The highest BCUT2D eigenvalue weighted by molar-refractivity contribution is 7.89. The Bertz CT molecular complexity index is 817. The van der Waals surface area contributed by atoms with Crippen molar-refractivity contribution in [2.75, 3.05) is 13.1 Å². The second-order valence-corrected chi connectivity index (χ2v) is 7.59. The Hall–Kier alpha value is -2.19. The molecule has 2 aromatic rings. The Morgan fingerprint density at radius 2 is 2.04 bits per heavy atom. The van der Waals surface area contributed by atoms with E-state index in [1.54, 1.807) is 48.4 Å². The van der Waals surface area contributed by atoms with Crippen LogP contribution >= 0.6 is 0 Å². The van der Waals surface area contributed by atoms with E-state index < -0.39 is 10.0 Å². The molecule has 2 heterocycles. The normalized spacial score (nSPS) is 17.5. The molecule has 1 aliphatic rings. The molecule has 1 N–H and O–H groups in total. The third-order valence-electron chi connectivity index (χ3n) is 4.15. The smallest absolute Gasteiger partial charge is 0.240 e. The minimum absolute atomic E-state index is 0.0114. The van der Waals surface area contributed by atoms with Crippen LogP contribution in [0.25, 0.3) is 0 Å². The van der Waals surface area contributed by atoms with Gasteiger partial charge in [0.1, 0.15) is 0 Å². The van der Waals surface area contributed by atoms with Crippen LogP contribution in [0.15, 0.2) is 47.5 Å². The highest BCUT2D eigenvalue weighted by atomic mass is 32.2. The molecule has 8 heteroatoms. The van der Waals surface area contributed by atoms with Crippen LogP contribution in [0.5, 0.6) is 0 Å². The molecule has 1 atom stereocenters. The van der Waals surface area contributed by atoms with Crippen molar-refractivity contribution >= 4 is 15.9 Å². The van der Waals surface area contributed by atoms with Crippen molar-refractivity contribution in [1.29, 1.82) is 0 Å². The first kappa shape index (κ1) is 16.7. The summed E-state index contributed by atoms with van der Waals surface area (Å²) in [5.41, 5.74) is 0.965. The van der Waals surface area contributed by atoms with Gasteiger partial charge in [0, 0.05) is 26.2 Å². The highest BCUT2D eigenvalue weighted by Crippen LogP contribution is 2.22. The molecule has 0 bridgehead atoms. The lowest BCUT2D eigenvalue weighted by Crippen LogP contribution is -2.41. The molecule has 3 rings (SSSR count). The van der Waals surface area contributed by atoms with Crippen LogP contribution in [0, 0.1) is 0 Å². The number of nitrogens with zero attached hydrogens (tertiary/aromatic N) is 3. The summed E-state index contributed by atoms with van der Waals surface area (Å²) < 4.78 is 29.0. The van der Waals surface area contributed by atoms with Crippen LogP contribution in [0.1, 0.15) is 25.1 Å². The number of hydrogen-bond acceptors (Lipinski definition) is 4. The number of sulfonamides is 1. The van der Waals surface area contributed by atoms with Gasteiger partial charge in [0.25, 0.3) is 0 Å². The first-order valence-electron chi connectivity index (χ1n) is 7.80. The quantitative estimate of drug-likeness (QED) is 0.879. The highest BCUT2D eigenvalue weighted by Gasteiger charge is 2.27. The lowest BCUT2D eigenvalue weighted by atomic mass is 10.1. The molecule has 0 fully saturated rings. The molecule has 128 valence electrons. The second-order valence-electron chi connectivity index (χ2n) is 5.82. The zero-order chi connectivity index (χ0) is 17.2. The molecule has 1 unspecified atom stereocenters. The number of hydrogen-bond donors (Lipinski definition) is 1. The largest absolute Gasteiger partial charge is 0.335 e. The van der Waals surface area contributed by atoms with Gasteiger partial charge in [0.15, 0.2) is 0 Å². The van der Waals surface area contributed by atoms with Crippen molar-refractivity contribution in [1.82, 2.24) is 19.4 Å². The van der Waals surface area contributed by atoms with E-state index in [1.165, 1.54) is 0 Å². The topological polar surface area (TPSA) is 84.3 Å². The summed E-state index contributed by atoms with van der Waals surface area (Å²) in [6.45, 7) is 2.91. The minimum Gasteiger partial charge on any atom is -0.335 e. The molecule has 1 aliphatic heterocycles. The number of aromatic nitrogens is 2. The predicted octanol–water partition coefficient (Wildman–Crippen LogP) is 1.15. The number of benzene rings is 1. The van der Waals surface area contributed by atoms with E-state index in [-0.39, 0.29) is 23.4 Å². The fraction of sp³-hybridized carbons (Fsp3) is 0.375. The number of amides is 1. The zero-order valence-electron chi connectivity index (χ0n) is 13.4. The second kappa shape index (κ2) is 6.74. The average Bonchev–Trinajstić information content (AvgIpc) is 3.04. The van der Waals surface area contributed by atoms with Crippen LogP contribution < -0.4 is 4.72 Å². The zero-order valence-corrected chi connectivity index (χ0v) is 14.2. The van der Waals surface area contributed by atoms with E-state index in [0.29, 0.717) is 19.5 Å². The van der Waals surface area contributed by atoms with Crippen molar-refractivity contribution in [3.8, 4) is 0 Å². The van der Waals surface area contributed by atoms with Crippen molar-refractivity contribution in [3.63, 3.8) is 0 Å². The van der Waals surface area contributed by atoms with Gasteiger partial charge in [0.2, 0.25) is 15.9 Å². The van der Waals surface area contributed by atoms with Gasteiger partial charge in [0.05, 0.1) is 23.2 Å². The molecule has 0 saturated heterocycles. The van der Waals surface area contributed by atoms with Crippen molar-refractivity contribution in [3.05, 3.63) is 48.3 Å². The van der Waals surface area contributed by atoms with Crippen LogP contribution in [0.3, 0.4) is 0 Å². The van der Waals surface area contributed by atoms with Gasteiger partial charge in [-0.15, -0.1) is 0 Å². The van der Waals surface area contributed by atoms with Gasteiger partial charge < -0.3 is 4.90 Å². The van der Waals surface area contributed by atoms with Gasteiger partial charge in [-0.25, -0.2) is 13.1 Å². The number of fused-ring (bicyclic) bond motifs is 1. The third kappa shape index (κ3) is 3.49. The molecule has 1 amide bonds. The van der Waals surface area contributed by atoms with Crippen LogP contribution in [0.4, 0.5) is 0 Å². The summed E-state index contributed by atoms with van der Waals surface area (Å²) in [5.74, 6) is 0.0114. The molecular weight excluding hydrogens is 328 g/mol. The molecule has 0 aliphatic carbocycles. The standard InChI is InChI=1S/C16H20N4O3S/c1-13(21)19-11-14-7-9-17-20(14)15(12-19)8-10-18-24(22,23)16-5-3-2-4-6-16/h2-7,9,15,18H,8,10-12H2,1H3. The van der Waals surface area contributed by atoms with Crippen LogP contribution in [0.2, 0.25) is 0 Å². The summed E-state index contributed by atoms with van der Waals surface area (Å²) in [7, 11) is -3.52. The first-order valence-corrected chi connectivity index (χ1v) is 9.28. The fourth-order valence-electron chi connectivity index (χ4n) is 2.88. The average molecular weight is 348 g/mol. The Morgan fingerprint density at radius 1 is 1.29 bits per heavy atom. The first-order chi connectivity index (χ1) is 11.5. The number of nitrogens with one attached hydrogen (secondary N) is 1. The van der Waals surface area contributed by atoms with E-state index in [9.17, 15) is 13.2 Å². The summed E-state index contributed by atoms with van der Waals surface area (Å²) >= 11 is 0. The number of rotatable bonds is 5. The van der Waals surface area contributed by atoms with Gasteiger partial charge in [-0.1, -0.05) is 18.2 Å². The Kier molecular flexibility index (Phi) is 4.68. The molecule has 7 nitrogen and oxygen atoms in total. The van der Waals surface area contributed by atoms with Crippen molar-refractivity contribution in [2.45, 2.75) is 30.8 Å². The third-order valence-corrected chi connectivity index (χ3v) is 5.63. The van der Waals surface area contributed by atoms with E-state index in [0.717, 1.165) is 5.69 Å². The van der Waals surface area contributed by atoms with Gasteiger partial charge >= 0.3 is 0 Å². The molecule has 24 heavy (non-hydrogen) atoms. The maximum atomic E-state index is 12.2. The van der Waals surface area contributed by atoms with Crippen LogP contribution in [-0.2, 0) is 21.4 Å². The number of carbonyl (C=O) groups is 1. The van der Waals surface area contributed by atoms with Gasteiger partial charge in [-0.3, -0.25) is 9.48 Å². The van der Waals surface area contributed by atoms with E-state index >= 15 is 0 Å². The lowest BCUT2D eigenvalue weighted by Gasteiger charge is -2.33. The Labute approximate surface area is 141 Å². The number of carbonyl (C=O) groups excluding carboxylic acids is 1. The van der Waals surface area contributed by atoms with E-state index in [1.807, 2.05) is 10.7 Å². The Balaban J connectivity index is 1.66. The summed E-state index contributed by atoms with van der Waals surface area (Å²) in [6, 6.07) is 10.1. The minimum atomic E-state index is -3.52. The Morgan fingerprint density at radius 3 is 2.75 bits per heavy atom. The fourth-order valence-corrected chi connectivity index (χ4v) is 3.95. The van der Waals surface area contributed by atoms with E-state index in [4.69, 9.17) is 0 Å². The maximum absolute atomic E-state index is 12.2. The molecule has 1 aromatic heterocycles. The van der Waals surface area contributed by atoms with Gasteiger partial charge in [-0.05, 0) is 24.6 Å². The van der Waals surface area contributed by atoms with Gasteiger partial charge in [-0.2, -0.15) is 5.10 Å². The summed E-state index contributed by atoms with van der Waals surface area (Å²) in [4.78, 5) is 13.7. The molecule has 1 aromatic carbocycles. The molecule has 0 saturated carbocycles. The predicted molar refractivity (Wildman–Crippen MR) is 88.6 cm³/mol. The lowest BCUT2D eigenvalue weighted by molar-refractivity contribution is -0.130. The monoisotopic (exact) mass is 348 g/mol. The molecule has 0 spiro atoms. The van der Waals surface area contributed by atoms with Crippen LogP contribution in [-0.4, -0.2) is 42.1 Å². The summed E-state index contributed by atoms with van der Waals surface area (Å²) in [5, 5.41) is 4.31. The molecular formula is C16H20N4O3S. The summed E-state index contributed by atoms with van der Waals surface area (Å²) in [6.07, 6.45) is 2.27. The molecule has 0 radical (unpaired) electrons. The van der Waals surface area contributed by atoms with E-state index in [2.05, 4.69) is 9.82 Å².